The molecule has 1 rings (SSSR count). The highest BCUT2D eigenvalue weighted by molar-refractivity contribution is 5.90. The number of carbonyl (C=O) groups is 4. The molecular formula is C29H51N3O6. The number of nitrogens with one attached hydrogen (secondary N) is 2. The SMILES string of the molecule is CCCCCCCC1CC/C=C\CC(C(=O)N(C)C)C[C@@H](C(=O)OCC)NC(=O)[C@H](CC(C)C)NC(=O)O1. The van der Waals surface area contributed by atoms with E-state index >= 15 is 0 Å². The Hall–Kier alpha value is -2.58. The third kappa shape index (κ3) is 13.3. The first-order valence-corrected chi connectivity index (χ1v) is 14.4. The van der Waals surface area contributed by atoms with Gasteiger partial charge in [-0.3, -0.25) is 9.59 Å². The van der Waals surface area contributed by atoms with Crippen LogP contribution < -0.4 is 10.6 Å². The summed E-state index contributed by atoms with van der Waals surface area (Å²) in [6, 6.07) is -1.89. The normalized spacial score (nSPS) is 24.3. The molecule has 9 heteroatoms. The molecule has 0 saturated carbocycles. The number of hydrogen-bond donors (Lipinski definition) is 2. The number of esters is 1. The zero-order valence-electron chi connectivity index (χ0n) is 24.4. The van der Waals surface area contributed by atoms with Crippen molar-refractivity contribution in [3.63, 3.8) is 0 Å². The van der Waals surface area contributed by atoms with E-state index in [9.17, 15) is 19.2 Å². The third-order valence-electron chi connectivity index (χ3n) is 6.66. The standard InChI is InChI=1S/C29H51N3O6/c1-7-9-10-11-14-17-23-18-15-12-13-16-22(27(34)32(5)6)20-25(28(35)37-8-2)30-26(33)24(19-21(3)4)31-29(36)38-23/h12-13,21-25H,7-11,14-20H2,1-6H3,(H,30,33)(H,31,36)/b13-12-/t22?,23?,24-,25-/m0/s1. The van der Waals surface area contributed by atoms with Gasteiger partial charge in [-0.2, -0.15) is 0 Å². The Bertz CT molecular complexity index is 767. The largest absolute Gasteiger partial charge is 0.464 e. The average molecular weight is 538 g/mol. The smallest absolute Gasteiger partial charge is 0.408 e. The van der Waals surface area contributed by atoms with Gasteiger partial charge in [0.1, 0.15) is 18.2 Å². The van der Waals surface area contributed by atoms with Crippen LogP contribution in [0.15, 0.2) is 12.2 Å². The number of cyclic esters (lactones) is 1. The van der Waals surface area contributed by atoms with Crippen LogP contribution in [0.4, 0.5) is 4.79 Å². The zero-order chi connectivity index (χ0) is 28.5. The molecule has 218 valence electrons. The number of allylic oxidation sites excluding steroid dienone is 2. The molecule has 4 atom stereocenters. The van der Waals surface area contributed by atoms with E-state index in [0.29, 0.717) is 25.7 Å². The number of ether oxygens (including phenoxy) is 2. The van der Waals surface area contributed by atoms with Crippen molar-refractivity contribution in [3.8, 4) is 0 Å². The van der Waals surface area contributed by atoms with Gasteiger partial charge in [-0.15, -0.1) is 0 Å². The molecule has 0 bridgehead atoms. The molecule has 0 aromatic carbocycles. The topological polar surface area (TPSA) is 114 Å². The zero-order valence-corrected chi connectivity index (χ0v) is 24.4. The van der Waals surface area contributed by atoms with Crippen molar-refractivity contribution < 1.29 is 28.7 Å². The summed E-state index contributed by atoms with van der Waals surface area (Å²) in [6.45, 7) is 7.92. The summed E-state index contributed by atoms with van der Waals surface area (Å²) in [5.41, 5.74) is 0. The first-order chi connectivity index (χ1) is 18.1. The second-order valence-electron chi connectivity index (χ2n) is 10.8. The molecule has 0 aromatic rings. The van der Waals surface area contributed by atoms with Crippen LogP contribution in [0.5, 0.6) is 0 Å². The highest BCUT2D eigenvalue weighted by atomic mass is 16.6. The quantitative estimate of drug-likeness (QED) is 0.224. The Morgan fingerprint density at radius 2 is 1.79 bits per heavy atom. The first-order valence-electron chi connectivity index (χ1n) is 14.4. The van der Waals surface area contributed by atoms with E-state index in [0.717, 1.165) is 25.7 Å². The van der Waals surface area contributed by atoms with Crippen LogP contribution in [0, 0.1) is 11.8 Å². The molecule has 1 heterocycles. The van der Waals surface area contributed by atoms with Gasteiger partial charge >= 0.3 is 12.1 Å². The molecule has 0 aliphatic carbocycles. The predicted molar refractivity (Wildman–Crippen MR) is 148 cm³/mol. The van der Waals surface area contributed by atoms with Gasteiger partial charge in [-0.25, -0.2) is 9.59 Å². The van der Waals surface area contributed by atoms with Crippen LogP contribution in [-0.2, 0) is 23.9 Å². The fourth-order valence-electron chi connectivity index (χ4n) is 4.61. The van der Waals surface area contributed by atoms with E-state index in [1.807, 2.05) is 26.0 Å². The van der Waals surface area contributed by atoms with E-state index in [-0.39, 0.29) is 31.0 Å². The molecule has 0 radical (unpaired) electrons. The maximum atomic E-state index is 13.3. The van der Waals surface area contributed by atoms with Gasteiger partial charge in [0, 0.05) is 20.0 Å². The summed E-state index contributed by atoms with van der Waals surface area (Å²) in [4.78, 5) is 53.4. The molecule has 2 unspecified atom stereocenters. The highest BCUT2D eigenvalue weighted by Gasteiger charge is 2.33. The van der Waals surface area contributed by atoms with Crippen LogP contribution in [-0.4, -0.2) is 67.7 Å². The minimum absolute atomic E-state index is 0.102. The summed E-state index contributed by atoms with van der Waals surface area (Å²) >= 11 is 0. The van der Waals surface area contributed by atoms with Gasteiger partial charge in [0.2, 0.25) is 11.8 Å². The van der Waals surface area contributed by atoms with Crippen LogP contribution in [0.25, 0.3) is 0 Å². The van der Waals surface area contributed by atoms with Gasteiger partial charge in [-0.05, 0) is 57.8 Å². The van der Waals surface area contributed by atoms with Gasteiger partial charge in [0.25, 0.3) is 0 Å². The number of hydrogen-bond acceptors (Lipinski definition) is 6. The van der Waals surface area contributed by atoms with Crippen molar-refractivity contribution in [2.45, 2.75) is 117 Å². The monoisotopic (exact) mass is 537 g/mol. The van der Waals surface area contributed by atoms with Gasteiger partial charge in [-0.1, -0.05) is 58.6 Å². The maximum absolute atomic E-state index is 13.3. The fourth-order valence-corrected chi connectivity index (χ4v) is 4.61. The predicted octanol–water partition coefficient (Wildman–Crippen LogP) is 4.74. The Labute approximate surface area is 229 Å². The van der Waals surface area contributed by atoms with E-state index in [4.69, 9.17) is 9.47 Å². The van der Waals surface area contributed by atoms with Crippen molar-refractivity contribution in [1.82, 2.24) is 15.5 Å². The minimum atomic E-state index is -1.02. The highest BCUT2D eigenvalue weighted by Crippen LogP contribution is 2.19. The van der Waals surface area contributed by atoms with E-state index < -0.39 is 36.0 Å². The summed E-state index contributed by atoms with van der Waals surface area (Å²) in [6.07, 6.45) is 11.7. The van der Waals surface area contributed by atoms with Crippen LogP contribution in [0.1, 0.15) is 98.3 Å². The molecule has 38 heavy (non-hydrogen) atoms. The lowest BCUT2D eigenvalue weighted by Crippen LogP contribution is -2.53. The molecular weight excluding hydrogens is 486 g/mol. The van der Waals surface area contributed by atoms with Gasteiger partial charge in [0.05, 0.1) is 6.61 Å². The van der Waals surface area contributed by atoms with Crippen molar-refractivity contribution in [2.24, 2.45) is 11.8 Å². The van der Waals surface area contributed by atoms with E-state index in [2.05, 4.69) is 17.6 Å². The van der Waals surface area contributed by atoms with Crippen molar-refractivity contribution in [2.75, 3.05) is 20.7 Å². The molecule has 0 saturated heterocycles. The van der Waals surface area contributed by atoms with Crippen molar-refractivity contribution in [1.29, 1.82) is 0 Å². The molecule has 3 amide bonds. The lowest BCUT2D eigenvalue weighted by atomic mass is 9.93. The van der Waals surface area contributed by atoms with E-state index in [1.54, 1.807) is 21.0 Å². The second kappa shape index (κ2) is 18.6. The average Bonchev–Trinajstić information content (AvgIpc) is 2.85. The molecule has 0 spiro atoms. The molecule has 0 aromatic heterocycles. The molecule has 9 nitrogen and oxygen atoms in total. The summed E-state index contributed by atoms with van der Waals surface area (Å²) < 4.78 is 11.0. The first kappa shape index (κ1) is 33.4. The fraction of sp³-hybridized carbons (Fsp3) is 0.793. The Morgan fingerprint density at radius 1 is 1.08 bits per heavy atom. The number of nitrogens with zero attached hydrogens (tertiary/aromatic N) is 1. The number of alkyl carbamates (subject to hydrolysis) is 1. The van der Waals surface area contributed by atoms with Crippen molar-refractivity contribution >= 4 is 23.9 Å². The van der Waals surface area contributed by atoms with Gasteiger partial charge in [0.15, 0.2) is 0 Å². The van der Waals surface area contributed by atoms with Crippen molar-refractivity contribution in [3.05, 3.63) is 12.2 Å². The van der Waals surface area contributed by atoms with Crippen LogP contribution in [0.2, 0.25) is 0 Å². The molecule has 2 N–H and O–H groups in total. The lowest BCUT2D eigenvalue weighted by Gasteiger charge is -2.27. The van der Waals surface area contributed by atoms with Crippen LogP contribution in [0.3, 0.4) is 0 Å². The second-order valence-corrected chi connectivity index (χ2v) is 10.8. The number of rotatable bonds is 11. The Kier molecular flexibility index (Phi) is 16.4. The van der Waals surface area contributed by atoms with Crippen LogP contribution >= 0.6 is 0 Å². The summed E-state index contributed by atoms with van der Waals surface area (Å²) in [5, 5.41) is 5.49. The summed E-state index contributed by atoms with van der Waals surface area (Å²) in [5.74, 6) is -1.62. The number of amides is 3. The lowest BCUT2D eigenvalue weighted by molar-refractivity contribution is -0.148. The number of unbranched alkanes of at least 4 members (excludes halogenated alkanes) is 4. The molecule has 0 fully saturated rings. The minimum Gasteiger partial charge on any atom is -0.464 e. The number of carbonyl (C=O) groups excluding carboxylic acids is 4. The van der Waals surface area contributed by atoms with E-state index in [1.165, 1.54) is 17.7 Å². The van der Waals surface area contributed by atoms with Gasteiger partial charge < -0.3 is 25.0 Å². The summed E-state index contributed by atoms with van der Waals surface area (Å²) in [7, 11) is 3.35. The Morgan fingerprint density at radius 3 is 2.42 bits per heavy atom. The molecule has 1 aliphatic heterocycles. The maximum Gasteiger partial charge on any atom is 0.408 e. The molecule has 1 aliphatic rings. The Balaban J connectivity index is 3.20. The third-order valence-corrected chi connectivity index (χ3v) is 6.66.